The van der Waals surface area contributed by atoms with E-state index in [0.717, 1.165) is 33.7 Å². The van der Waals surface area contributed by atoms with E-state index in [4.69, 9.17) is 14.7 Å². The molecule has 0 radical (unpaired) electrons. The van der Waals surface area contributed by atoms with E-state index in [1.807, 2.05) is 60.7 Å². The van der Waals surface area contributed by atoms with Gasteiger partial charge in [-0.15, -0.1) is 0 Å². The van der Waals surface area contributed by atoms with Crippen molar-refractivity contribution >= 4 is 32.4 Å². The Bertz CT molecular complexity index is 1530. The van der Waals surface area contributed by atoms with Crippen molar-refractivity contribution in [1.29, 1.82) is 0 Å². The number of anilines is 2. The summed E-state index contributed by atoms with van der Waals surface area (Å²) in [6.45, 7) is 8.31. The highest BCUT2D eigenvalue weighted by molar-refractivity contribution is 7.89. The number of sulfonamides is 1. The number of methoxy groups -OCH3 is 1. The van der Waals surface area contributed by atoms with E-state index in [0.29, 0.717) is 42.8 Å². The van der Waals surface area contributed by atoms with Crippen LogP contribution in [0.3, 0.4) is 0 Å². The fraction of sp³-hybridized carbons (Fsp3) is 0.333. The Morgan fingerprint density at radius 3 is 2.15 bits per heavy atom. The Hall–Kier alpha value is -3.53. The summed E-state index contributed by atoms with van der Waals surface area (Å²) >= 11 is 0. The monoisotopic (exact) mass is 545 g/mol. The summed E-state index contributed by atoms with van der Waals surface area (Å²) in [6, 6.07) is 22.8. The van der Waals surface area contributed by atoms with Gasteiger partial charge in [0.05, 0.1) is 23.6 Å². The fourth-order valence-corrected chi connectivity index (χ4v) is 6.28. The molecule has 1 aromatic heterocycles. The molecule has 4 aromatic rings. The number of hydrogen-bond donors (Lipinski definition) is 1. The van der Waals surface area contributed by atoms with Crippen molar-refractivity contribution in [3.05, 3.63) is 84.2 Å². The predicted molar refractivity (Wildman–Crippen MR) is 155 cm³/mol. The van der Waals surface area contributed by atoms with Crippen LogP contribution in [0.4, 0.5) is 11.5 Å². The molecule has 3 aromatic carbocycles. The highest BCUT2D eigenvalue weighted by atomic mass is 32.2. The highest BCUT2D eigenvalue weighted by Gasteiger charge is 2.31. The molecule has 8 nitrogen and oxygen atoms in total. The quantitative estimate of drug-likeness (QED) is 0.310. The molecule has 0 aliphatic carbocycles. The zero-order valence-electron chi connectivity index (χ0n) is 22.8. The normalized spacial score (nSPS) is 15.9. The Labute approximate surface area is 230 Å². The lowest BCUT2D eigenvalue weighted by atomic mass is 10.0. The second kappa shape index (κ2) is 11.3. The van der Waals surface area contributed by atoms with Gasteiger partial charge in [0.1, 0.15) is 17.4 Å². The fourth-order valence-electron chi connectivity index (χ4n) is 4.86. The van der Waals surface area contributed by atoms with E-state index in [-0.39, 0.29) is 6.04 Å². The Morgan fingerprint density at radius 1 is 0.846 bits per heavy atom. The molecule has 0 amide bonds. The van der Waals surface area contributed by atoms with Gasteiger partial charge >= 0.3 is 0 Å². The van der Waals surface area contributed by atoms with Crippen LogP contribution in [0.15, 0.2) is 77.7 Å². The number of benzene rings is 3. The number of ether oxygens (including phenoxy) is 1. The lowest BCUT2D eigenvalue weighted by Crippen LogP contribution is -2.49. The molecule has 0 spiro atoms. The number of nitrogens with one attached hydrogen (secondary N) is 1. The topological polar surface area (TPSA) is 87.7 Å². The number of fused-ring (bicyclic) bond motifs is 1. The smallest absolute Gasteiger partial charge is 0.243 e. The van der Waals surface area contributed by atoms with E-state index in [1.54, 1.807) is 23.5 Å². The molecule has 1 saturated heterocycles. The van der Waals surface area contributed by atoms with Gasteiger partial charge in [-0.3, -0.25) is 4.90 Å². The summed E-state index contributed by atoms with van der Waals surface area (Å²) in [5.74, 6) is 2.58. The van der Waals surface area contributed by atoms with Crippen molar-refractivity contribution in [2.45, 2.75) is 37.6 Å². The number of piperazine rings is 1. The Morgan fingerprint density at radius 2 is 1.51 bits per heavy atom. The first-order chi connectivity index (χ1) is 18.8. The number of rotatable bonds is 8. The van der Waals surface area contributed by atoms with Gasteiger partial charge in [-0.1, -0.05) is 38.1 Å². The molecule has 1 N–H and O–H groups in total. The maximum atomic E-state index is 13.3. The molecule has 1 fully saturated rings. The van der Waals surface area contributed by atoms with Gasteiger partial charge in [-0.25, -0.2) is 18.4 Å². The first-order valence-electron chi connectivity index (χ1n) is 13.3. The van der Waals surface area contributed by atoms with Crippen LogP contribution in [0.1, 0.15) is 44.1 Å². The first kappa shape index (κ1) is 27.1. The van der Waals surface area contributed by atoms with Gasteiger partial charge in [0.2, 0.25) is 10.0 Å². The summed E-state index contributed by atoms with van der Waals surface area (Å²) in [4.78, 5) is 12.4. The average molecular weight is 546 g/mol. The number of hydrogen-bond acceptors (Lipinski definition) is 7. The Balaban J connectivity index is 1.33. The third kappa shape index (κ3) is 5.75. The van der Waals surface area contributed by atoms with Gasteiger partial charge in [0.25, 0.3) is 0 Å². The third-order valence-corrected chi connectivity index (χ3v) is 9.27. The van der Waals surface area contributed by atoms with Crippen molar-refractivity contribution in [2.24, 2.45) is 0 Å². The average Bonchev–Trinajstić information content (AvgIpc) is 2.97. The van der Waals surface area contributed by atoms with Crippen molar-refractivity contribution in [2.75, 3.05) is 38.6 Å². The molecular weight excluding hydrogens is 510 g/mol. The lowest BCUT2D eigenvalue weighted by molar-refractivity contribution is 0.141. The molecule has 9 heteroatoms. The maximum absolute atomic E-state index is 13.3. The van der Waals surface area contributed by atoms with E-state index >= 15 is 0 Å². The van der Waals surface area contributed by atoms with Crippen LogP contribution in [0, 0.1) is 0 Å². The molecule has 0 bridgehead atoms. The summed E-state index contributed by atoms with van der Waals surface area (Å²) in [5, 5.41) is 4.37. The predicted octanol–water partition coefficient (Wildman–Crippen LogP) is 5.57. The molecule has 5 rings (SSSR count). The van der Waals surface area contributed by atoms with E-state index < -0.39 is 10.0 Å². The number of para-hydroxylation sites is 1. The molecule has 1 aliphatic heterocycles. The summed E-state index contributed by atoms with van der Waals surface area (Å²) in [5.41, 5.74) is 2.89. The molecule has 39 heavy (non-hydrogen) atoms. The van der Waals surface area contributed by atoms with Crippen LogP contribution < -0.4 is 10.1 Å². The summed E-state index contributed by atoms with van der Waals surface area (Å²) in [7, 11) is -1.89. The van der Waals surface area contributed by atoms with Crippen LogP contribution in [0.2, 0.25) is 0 Å². The molecule has 2 heterocycles. The van der Waals surface area contributed by atoms with Gasteiger partial charge < -0.3 is 10.1 Å². The van der Waals surface area contributed by atoms with Crippen molar-refractivity contribution in [3.8, 4) is 5.75 Å². The highest BCUT2D eigenvalue weighted by Crippen LogP contribution is 2.29. The van der Waals surface area contributed by atoms with Crippen molar-refractivity contribution in [1.82, 2.24) is 19.2 Å². The molecular formula is C30H35N5O3S. The van der Waals surface area contributed by atoms with Crippen LogP contribution in [-0.4, -0.2) is 60.9 Å². The molecule has 0 saturated carbocycles. The van der Waals surface area contributed by atoms with Crippen LogP contribution >= 0.6 is 0 Å². The minimum atomic E-state index is -3.54. The molecule has 0 unspecified atom stereocenters. The number of aromatic nitrogens is 2. The molecule has 1 atom stereocenters. The van der Waals surface area contributed by atoms with Crippen molar-refractivity contribution in [3.63, 3.8) is 0 Å². The summed E-state index contributed by atoms with van der Waals surface area (Å²) in [6.07, 6.45) is 0. The first-order valence-corrected chi connectivity index (χ1v) is 14.7. The van der Waals surface area contributed by atoms with Gasteiger partial charge in [-0.05, 0) is 66.9 Å². The molecule has 204 valence electrons. The van der Waals surface area contributed by atoms with E-state index in [2.05, 4.69) is 31.0 Å². The zero-order chi connectivity index (χ0) is 27.6. The van der Waals surface area contributed by atoms with Gasteiger partial charge in [-0.2, -0.15) is 4.31 Å². The van der Waals surface area contributed by atoms with E-state index in [1.165, 1.54) is 0 Å². The second-order valence-electron chi connectivity index (χ2n) is 10.1. The lowest BCUT2D eigenvalue weighted by Gasteiger charge is -2.37. The number of nitrogens with zero attached hydrogens (tertiary/aromatic N) is 4. The standard InChI is InChI=1S/C30H35N5O3S/c1-21(2)23-9-15-26(16-10-23)39(36,37)35-19-17-34(18-20-35)22(3)29-32-28-8-6-5-7-27(28)30(33-29)31-24-11-13-25(38-4)14-12-24/h5-16,21-22H,17-20H2,1-4H3,(H,31,32,33)/t22-/m1/s1. The minimum Gasteiger partial charge on any atom is -0.497 e. The van der Waals surface area contributed by atoms with Gasteiger partial charge in [0, 0.05) is 37.3 Å². The van der Waals surface area contributed by atoms with E-state index in [9.17, 15) is 8.42 Å². The minimum absolute atomic E-state index is 0.0822. The van der Waals surface area contributed by atoms with Crippen LogP contribution in [0.25, 0.3) is 10.9 Å². The van der Waals surface area contributed by atoms with Crippen LogP contribution in [0.5, 0.6) is 5.75 Å². The summed E-state index contributed by atoms with van der Waals surface area (Å²) < 4.78 is 33.4. The largest absolute Gasteiger partial charge is 0.497 e. The SMILES string of the molecule is COc1ccc(Nc2nc([C@@H](C)N3CCN(S(=O)(=O)c4ccc(C(C)C)cc4)CC3)nc3ccccc23)cc1. The third-order valence-electron chi connectivity index (χ3n) is 7.35. The molecule has 1 aliphatic rings. The van der Waals surface area contributed by atoms with Gasteiger partial charge in [0.15, 0.2) is 0 Å². The Kier molecular flexibility index (Phi) is 7.83. The van der Waals surface area contributed by atoms with Crippen molar-refractivity contribution < 1.29 is 13.2 Å². The second-order valence-corrected chi connectivity index (χ2v) is 12.1. The zero-order valence-corrected chi connectivity index (χ0v) is 23.6. The van der Waals surface area contributed by atoms with Crippen LogP contribution in [-0.2, 0) is 10.0 Å². The maximum Gasteiger partial charge on any atom is 0.243 e.